The predicted octanol–water partition coefficient (Wildman–Crippen LogP) is 7.36. The van der Waals surface area contributed by atoms with Crippen molar-refractivity contribution in [2.45, 2.75) is 16.7 Å². The fraction of sp³-hybridized carbons (Fsp3) is 0.167. The molecular weight excluding hydrogens is 533 g/mol. The first-order valence-corrected chi connectivity index (χ1v) is 11.4. The number of halogens is 7. The van der Waals surface area contributed by atoms with E-state index in [1.807, 2.05) is 0 Å². The van der Waals surface area contributed by atoms with Gasteiger partial charge in [0.1, 0.15) is 21.8 Å². The normalized spacial score (nSPS) is 18.4. The number of anilines is 1. The van der Waals surface area contributed by atoms with Gasteiger partial charge >= 0.3 is 0 Å². The van der Waals surface area contributed by atoms with Crippen molar-refractivity contribution < 1.29 is 22.8 Å². The van der Waals surface area contributed by atoms with E-state index < -0.39 is 51.7 Å². The summed E-state index contributed by atoms with van der Waals surface area (Å²) in [6.07, 6.45) is -0.493. The highest BCUT2D eigenvalue weighted by Gasteiger charge is 2.67. The van der Waals surface area contributed by atoms with Crippen LogP contribution >= 0.6 is 46.4 Å². The van der Waals surface area contributed by atoms with E-state index in [4.69, 9.17) is 46.4 Å². The summed E-state index contributed by atoms with van der Waals surface area (Å²) in [5.41, 5.74) is 0.251. The quantitative estimate of drug-likeness (QED) is 0.259. The van der Waals surface area contributed by atoms with Gasteiger partial charge in [0, 0.05) is 34.1 Å². The SMILES string of the molecule is O=C(Cc1ccc(F)cc1F)c1cc(NC(=O)[C@@H]2[C@@H](c3cc(Cl)cc(Cl)c3)C2(Cl)Cl)ccc1F. The van der Waals surface area contributed by atoms with E-state index in [2.05, 4.69) is 5.32 Å². The second-order valence-corrected chi connectivity index (χ2v) is 10.2. The van der Waals surface area contributed by atoms with Crippen molar-refractivity contribution in [1.29, 1.82) is 0 Å². The molecule has 1 aliphatic carbocycles. The van der Waals surface area contributed by atoms with Gasteiger partial charge in [-0.25, -0.2) is 13.2 Å². The molecule has 0 heterocycles. The molecule has 0 spiro atoms. The standard InChI is InChI=1S/C24H14Cl4F3NO2/c25-13-5-12(6-14(26)8-13)21-22(24(21,27)28)23(34)32-16-3-4-18(30)17(10-16)20(33)7-11-1-2-15(29)9-19(11)31/h1-6,8-10,21-22H,7H2,(H,32,34)/t21-,22+/m1/s1. The van der Waals surface area contributed by atoms with Gasteiger partial charge in [0.05, 0.1) is 11.5 Å². The van der Waals surface area contributed by atoms with Crippen molar-refractivity contribution in [3.63, 3.8) is 0 Å². The molecule has 0 saturated heterocycles. The molecule has 3 aromatic rings. The van der Waals surface area contributed by atoms with Crippen molar-refractivity contribution in [2.24, 2.45) is 5.92 Å². The lowest BCUT2D eigenvalue weighted by Gasteiger charge is -2.09. The molecular formula is C24H14Cl4F3NO2. The Morgan fingerprint density at radius 2 is 1.56 bits per heavy atom. The number of benzene rings is 3. The molecule has 0 aliphatic heterocycles. The van der Waals surface area contributed by atoms with Crippen LogP contribution in [-0.4, -0.2) is 16.0 Å². The number of hydrogen-bond donors (Lipinski definition) is 1. The second-order valence-electron chi connectivity index (χ2n) is 7.85. The molecule has 0 radical (unpaired) electrons. The minimum Gasteiger partial charge on any atom is -0.326 e. The van der Waals surface area contributed by atoms with Crippen molar-refractivity contribution >= 4 is 63.8 Å². The Morgan fingerprint density at radius 3 is 2.21 bits per heavy atom. The highest BCUT2D eigenvalue weighted by atomic mass is 35.5. The molecule has 1 fully saturated rings. The summed E-state index contributed by atoms with van der Waals surface area (Å²) in [6.45, 7) is 0. The third-order valence-electron chi connectivity index (χ3n) is 5.48. The van der Waals surface area contributed by atoms with Gasteiger partial charge in [-0.2, -0.15) is 0 Å². The Bertz CT molecular complexity index is 1300. The first kappa shape index (κ1) is 24.9. The van der Waals surface area contributed by atoms with Gasteiger partial charge in [-0.1, -0.05) is 29.3 Å². The number of carbonyl (C=O) groups excluding carboxylic acids is 2. The van der Waals surface area contributed by atoms with Crippen LogP contribution in [0.25, 0.3) is 0 Å². The van der Waals surface area contributed by atoms with Crippen LogP contribution < -0.4 is 5.32 Å². The number of Topliss-reactive ketones (excluding diaryl/α,β-unsaturated/α-hetero) is 1. The Balaban J connectivity index is 1.52. The molecule has 1 saturated carbocycles. The summed E-state index contributed by atoms with van der Waals surface area (Å²) in [6, 6.07) is 10.9. The topological polar surface area (TPSA) is 46.2 Å². The molecule has 10 heteroatoms. The first-order valence-electron chi connectivity index (χ1n) is 9.88. The fourth-order valence-electron chi connectivity index (χ4n) is 3.79. The van der Waals surface area contributed by atoms with Crippen LogP contribution in [0, 0.1) is 23.4 Å². The lowest BCUT2D eigenvalue weighted by atomic mass is 10.0. The molecule has 176 valence electrons. The van der Waals surface area contributed by atoms with E-state index in [-0.39, 0.29) is 16.8 Å². The van der Waals surface area contributed by atoms with Gasteiger partial charge in [0.15, 0.2) is 5.78 Å². The summed E-state index contributed by atoms with van der Waals surface area (Å²) in [7, 11) is 0. The number of nitrogens with one attached hydrogen (secondary N) is 1. The Labute approximate surface area is 212 Å². The molecule has 0 bridgehead atoms. The number of alkyl halides is 2. The minimum atomic E-state index is -1.42. The van der Waals surface area contributed by atoms with Gasteiger partial charge in [-0.05, 0) is 53.6 Å². The number of ketones is 1. The Morgan fingerprint density at radius 1 is 0.882 bits per heavy atom. The minimum absolute atomic E-state index is 0.0877. The van der Waals surface area contributed by atoms with Crippen molar-refractivity contribution in [2.75, 3.05) is 5.32 Å². The van der Waals surface area contributed by atoms with Crippen molar-refractivity contribution in [3.05, 3.63) is 98.8 Å². The lowest BCUT2D eigenvalue weighted by Crippen LogP contribution is -2.18. The fourth-order valence-corrected chi connectivity index (χ4v) is 5.16. The third kappa shape index (κ3) is 5.05. The van der Waals surface area contributed by atoms with Gasteiger partial charge in [-0.15, -0.1) is 23.2 Å². The largest absolute Gasteiger partial charge is 0.326 e. The van der Waals surface area contributed by atoms with Crippen LogP contribution in [0.4, 0.5) is 18.9 Å². The van der Waals surface area contributed by atoms with Crippen LogP contribution in [0.15, 0.2) is 54.6 Å². The highest BCUT2D eigenvalue weighted by molar-refractivity contribution is 6.53. The summed E-state index contributed by atoms with van der Waals surface area (Å²) < 4.78 is 39.9. The van der Waals surface area contributed by atoms with Gasteiger partial charge < -0.3 is 5.32 Å². The van der Waals surface area contributed by atoms with Crippen LogP contribution in [0.1, 0.15) is 27.4 Å². The summed E-state index contributed by atoms with van der Waals surface area (Å²) >= 11 is 24.7. The third-order valence-corrected chi connectivity index (χ3v) is 6.86. The molecule has 3 aromatic carbocycles. The molecule has 3 nitrogen and oxygen atoms in total. The van der Waals surface area contributed by atoms with Gasteiger partial charge in [0.2, 0.25) is 5.91 Å². The maximum atomic E-state index is 14.3. The molecule has 2 atom stereocenters. The average Bonchev–Trinajstić information content (AvgIpc) is 3.33. The number of amides is 1. The van der Waals surface area contributed by atoms with E-state index in [1.165, 1.54) is 12.1 Å². The van der Waals surface area contributed by atoms with Crippen LogP contribution in [0.3, 0.4) is 0 Å². The zero-order valence-electron chi connectivity index (χ0n) is 17.0. The van der Waals surface area contributed by atoms with Crippen molar-refractivity contribution in [3.8, 4) is 0 Å². The molecule has 1 aliphatic rings. The first-order chi connectivity index (χ1) is 16.0. The van der Waals surface area contributed by atoms with Gasteiger partial charge in [0.25, 0.3) is 0 Å². The maximum Gasteiger partial charge on any atom is 0.231 e. The Hall–Kier alpha value is -2.25. The lowest BCUT2D eigenvalue weighted by molar-refractivity contribution is -0.117. The molecule has 0 unspecified atom stereocenters. The molecule has 34 heavy (non-hydrogen) atoms. The smallest absolute Gasteiger partial charge is 0.231 e. The highest BCUT2D eigenvalue weighted by Crippen LogP contribution is 2.65. The van der Waals surface area contributed by atoms with E-state index >= 15 is 0 Å². The number of rotatable bonds is 6. The second kappa shape index (κ2) is 9.42. The summed E-state index contributed by atoms with van der Waals surface area (Å²) in [5, 5.41) is 3.29. The number of hydrogen-bond acceptors (Lipinski definition) is 2. The molecule has 4 rings (SSSR count). The summed E-state index contributed by atoms with van der Waals surface area (Å²) in [5.74, 6) is -5.32. The monoisotopic (exact) mass is 545 g/mol. The molecule has 0 aromatic heterocycles. The van der Waals surface area contributed by atoms with E-state index in [0.717, 1.165) is 24.3 Å². The number of carbonyl (C=O) groups is 2. The van der Waals surface area contributed by atoms with Crippen LogP contribution in [-0.2, 0) is 11.2 Å². The van der Waals surface area contributed by atoms with Crippen molar-refractivity contribution in [1.82, 2.24) is 0 Å². The maximum absolute atomic E-state index is 14.3. The predicted molar refractivity (Wildman–Crippen MR) is 127 cm³/mol. The van der Waals surface area contributed by atoms with Gasteiger partial charge in [-0.3, -0.25) is 9.59 Å². The zero-order valence-corrected chi connectivity index (χ0v) is 20.0. The van der Waals surface area contributed by atoms with E-state index in [1.54, 1.807) is 12.1 Å². The zero-order chi connectivity index (χ0) is 24.8. The molecule has 1 N–H and O–H groups in total. The molecule has 1 amide bonds. The Kier molecular flexibility index (Phi) is 6.89. The van der Waals surface area contributed by atoms with E-state index in [0.29, 0.717) is 21.7 Å². The van der Waals surface area contributed by atoms with Crippen LogP contribution in [0.5, 0.6) is 0 Å². The van der Waals surface area contributed by atoms with E-state index in [9.17, 15) is 22.8 Å². The van der Waals surface area contributed by atoms with Crippen LogP contribution in [0.2, 0.25) is 10.0 Å². The summed E-state index contributed by atoms with van der Waals surface area (Å²) in [4.78, 5) is 25.4. The average molecular weight is 547 g/mol.